The topological polar surface area (TPSA) is 78.4 Å². The smallest absolute Gasteiger partial charge is 0.335 e. The van der Waals surface area contributed by atoms with Crippen LogP contribution in [0.1, 0.15) is 56.8 Å². The van der Waals surface area contributed by atoms with E-state index in [0.29, 0.717) is 12.1 Å². The molecule has 1 heterocycles. The van der Waals surface area contributed by atoms with Gasteiger partial charge in [0.15, 0.2) is 0 Å². The molecule has 22 heavy (non-hydrogen) atoms. The van der Waals surface area contributed by atoms with Crippen molar-refractivity contribution in [1.29, 1.82) is 0 Å². The van der Waals surface area contributed by atoms with Gasteiger partial charge in [0.2, 0.25) is 5.91 Å². The third-order valence-corrected chi connectivity index (χ3v) is 3.56. The lowest BCUT2D eigenvalue weighted by molar-refractivity contribution is -0.115. The third kappa shape index (κ3) is 6.72. The summed E-state index contributed by atoms with van der Waals surface area (Å²) in [6.45, 7) is 6.25. The number of amides is 1. The van der Waals surface area contributed by atoms with Crippen molar-refractivity contribution < 1.29 is 14.7 Å². The van der Waals surface area contributed by atoms with Gasteiger partial charge in [-0.3, -0.25) is 4.79 Å². The van der Waals surface area contributed by atoms with Crippen LogP contribution in [0.15, 0.2) is 24.3 Å². The fraction of sp³-hybridized carbons (Fsp3) is 0.529. The average Bonchev–Trinajstić information content (AvgIpc) is 2.47. The minimum absolute atomic E-state index is 0.132. The Morgan fingerprint density at radius 3 is 2.36 bits per heavy atom. The van der Waals surface area contributed by atoms with Crippen LogP contribution >= 0.6 is 0 Å². The van der Waals surface area contributed by atoms with Crippen LogP contribution in [0.2, 0.25) is 0 Å². The van der Waals surface area contributed by atoms with E-state index >= 15 is 0 Å². The van der Waals surface area contributed by atoms with Gasteiger partial charge in [-0.1, -0.05) is 19.4 Å². The van der Waals surface area contributed by atoms with E-state index in [4.69, 9.17) is 5.11 Å². The molecule has 0 aliphatic carbocycles. The van der Waals surface area contributed by atoms with Crippen LogP contribution in [-0.2, 0) is 4.79 Å². The molecule has 1 amide bonds. The highest BCUT2D eigenvalue weighted by Gasteiger charge is 2.12. The van der Waals surface area contributed by atoms with Gasteiger partial charge in [-0.15, -0.1) is 0 Å². The highest BCUT2D eigenvalue weighted by molar-refractivity contribution is 5.93. The van der Waals surface area contributed by atoms with Gasteiger partial charge >= 0.3 is 5.97 Å². The molecule has 5 nitrogen and oxygen atoms in total. The zero-order valence-corrected chi connectivity index (χ0v) is 13.6. The largest absolute Gasteiger partial charge is 0.478 e. The van der Waals surface area contributed by atoms with E-state index in [1.807, 2.05) is 0 Å². The molecular formula is C17H26N2O3. The molecule has 0 spiro atoms. The van der Waals surface area contributed by atoms with E-state index in [2.05, 4.69) is 24.5 Å². The fourth-order valence-electron chi connectivity index (χ4n) is 2.36. The number of carbonyl (C=O) groups is 2. The number of carbonyl (C=O) groups excluding carboxylic acids is 1. The Balaban J connectivity index is 0.000000255. The van der Waals surface area contributed by atoms with Crippen LogP contribution < -0.4 is 10.6 Å². The summed E-state index contributed by atoms with van der Waals surface area (Å²) < 4.78 is 0. The van der Waals surface area contributed by atoms with E-state index in [9.17, 15) is 9.59 Å². The highest BCUT2D eigenvalue weighted by Crippen LogP contribution is 2.11. The van der Waals surface area contributed by atoms with E-state index in [-0.39, 0.29) is 11.5 Å². The maximum absolute atomic E-state index is 11.0. The second-order valence-electron chi connectivity index (χ2n) is 5.69. The number of carboxylic acids is 1. The van der Waals surface area contributed by atoms with E-state index in [1.165, 1.54) is 31.4 Å². The second-order valence-corrected chi connectivity index (χ2v) is 5.69. The Morgan fingerprint density at radius 1 is 1.27 bits per heavy atom. The number of carboxylic acid groups (broad SMARTS) is 1. The summed E-state index contributed by atoms with van der Waals surface area (Å²) in [5.74, 6) is -1.13. The molecule has 0 bridgehead atoms. The molecule has 0 aromatic heterocycles. The zero-order valence-electron chi connectivity index (χ0n) is 13.6. The van der Waals surface area contributed by atoms with Crippen LogP contribution in [-0.4, -0.2) is 29.1 Å². The molecule has 2 unspecified atom stereocenters. The van der Waals surface area contributed by atoms with Gasteiger partial charge in [-0.05, 0) is 44.9 Å². The van der Waals surface area contributed by atoms with E-state index in [0.717, 1.165) is 12.1 Å². The molecule has 1 saturated heterocycles. The lowest BCUT2D eigenvalue weighted by Gasteiger charge is -2.25. The predicted octanol–water partition coefficient (Wildman–Crippen LogP) is 3.27. The summed E-state index contributed by atoms with van der Waals surface area (Å²) in [7, 11) is 0. The van der Waals surface area contributed by atoms with Crippen LogP contribution in [0, 0.1) is 0 Å². The maximum atomic E-state index is 11.0. The summed E-state index contributed by atoms with van der Waals surface area (Å²) in [5, 5.41) is 14.8. The normalized spacial score (nSPS) is 20.5. The van der Waals surface area contributed by atoms with Crippen molar-refractivity contribution in [2.24, 2.45) is 0 Å². The molecule has 1 aliphatic rings. The van der Waals surface area contributed by atoms with Gasteiger partial charge in [-0.2, -0.15) is 0 Å². The van der Waals surface area contributed by atoms with Gasteiger partial charge in [-0.25, -0.2) is 4.79 Å². The van der Waals surface area contributed by atoms with Crippen molar-refractivity contribution in [2.75, 3.05) is 5.32 Å². The Labute approximate surface area is 132 Å². The molecule has 0 saturated carbocycles. The molecule has 5 heteroatoms. The number of hydrogen-bond acceptors (Lipinski definition) is 3. The lowest BCUT2D eigenvalue weighted by Crippen LogP contribution is -2.38. The fourth-order valence-corrected chi connectivity index (χ4v) is 2.36. The zero-order chi connectivity index (χ0) is 16.5. The molecule has 1 fully saturated rings. The first kappa shape index (κ1) is 18.2. The van der Waals surface area contributed by atoms with Crippen LogP contribution in [0.5, 0.6) is 0 Å². The van der Waals surface area contributed by atoms with E-state index in [1.54, 1.807) is 19.1 Å². The minimum atomic E-state index is -1.00. The van der Waals surface area contributed by atoms with Crippen LogP contribution in [0.4, 0.5) is 5.69 Å². The second kappa shape index (κ2) is 9.20. The average molecular weight is 306 g/mol. The predicted molar refractivity (Wildman–Crippen MR) is 88.2 cm³/mol. The monoisotopic (exact) mass is 306 g/mol. The molecule has 0 radical (unpaired) electrons. The van der Waals surface area contributed by atoms with Gasteiger partial charge in [0.25, 0.3) is 0 Å². The third-order valence-electron chi connectivity index (χ3n) is 3.56. The maximum Gasteiger partial charge on any atom is 0.335 e. The van der Waals surface area contributed by atoms with Crippen LogP contribution in [0.3, 0.4) is 0 Å². The standard InChI is InChI=1S/C10H11NO3.C7H15N/c1-2-9(12)11-8-5-3-4-7(6-8)10(13)14;1-6-4-3-5-7(2)8-6/h3-6H,2H2,1H3,(H,11,12)(H,13,14);6-8H,3-5H2,1-2H3. The number of benzene rings is 1. The molecule has 2 atom stereocenters. The molecule has 2 rings (SSSR count). The quantitative estimate of drug-likeness (QED) is 0.801. The molecule has 3 N–H and O–H groups in total. The molecule has 122 valence electrons. The number of hydrogen-bond donors (Lipinski definition) is 3. The number of nitrogens with one attached hydrogen (secondary N) is 2. The van der Waals surface area contributed by atoms with E-state index < -0.39 is 5.97 Å². The Bertz CT molecular complexity index is 494. The van der Waals surface area contributed by atoms with Gasteiger partial charge in [0, 0.05) is 24.2 Å². The first-order valence-corrected chi connectivity index (χ1v) is 7.81. The Kier molecular flexibility index (Phi) is 7.60. The van der Waals surface area contributed by atoms with Gasteiger partial charge in [0.1, 0.15) is 0 Å². The molecule has 1 aromatic rings. The highest BCUT2D eigenvalue weighted by atomic mass is 16.4. The summed E-state index contributed by atoms with van der Waals surface area (Å²) in [6.07, 6.45) is 4.52. The SMILES string of the molecule is CC1CCCC(C)N1.CCC(=O)Nc1cccc(C(=O)O)c1. The number of piperidine rings is 1. The lowest BCUT2D eigenvalue weighted by atomic mass is 10.0. The summed E-state index contributed by atoms with van der Waals surface area (Å²) >= 11 is 0. The Morgan fingerprint density at radius 2 is 1.91 bits per heavy atom. The van der Waals surface area contributed by atoms with Gasteiger partial charge in [0.05, 0.1) is 5.56 Å². The number of rotatable bonds is 3. The minimum Gasteiger partial charge on any atom is -0.478 e. The first-order chi connectivity index (χ1) is 10.4. The number of anilines is 1. The van der Waals surface area contributed by atoms with Crippen molar-refractivity contribution in [3.63, 3.8) is 0 Å². The number of aromatic carboxylic acids is 1. The van der Waals surface area contributed by atoms with Crippen molar-refractivity contribution in [1.82, 2.24) is 5.32 Å². The Hall–Kier alpha value is -1.88. The van der Waals surface area contributed by atoms with Crippen LogP contribution in [0.25, 0.3) is 0 Å². The van der Waals surface area contributed by atoms with Crippen molar-refractivity contribution >= 4 is 17.6 Å². The molecule has 1 aliphatic heterocycles. The van der Waals surface area contributed by atoms with Gasteiger partial charge < -0.3 is 15.7 Å². The summed E-state index contributed by atoms with van der Waals surface area (Å²) in [4.78, 5) is 21.6. The van der Waals surface area contributed by atoms with Crippen molar-refractivity contribution in [3.8, 4) is 0 Å². The van der Waals surface area contributed by atoms with Crippen molar-refractivity contribution in [2.45, 2.75) is 58.5 Å². The molecule has 1 aromatic carbocycles. The molecular weight excluding hydrogens is 280 g/mol. The van der Waals surface area contributed by atoms with Crippen molar-refractivity contribution in [3.05, 3.63) is 29.8 Å². The summed E-state index contributed by atoms with van der Waals surface area (Å²) in [6, 6.07) is 7.67. The summed E-state index contributed by atoms with van der Waals surface area (Å²) in [5.41, 5.74) is 0.677. The first-order valence-electron chi connectivity index (χ1n) is 7.81.